The predicted molar refractivity (Wildman–Crippen MR) is 98.4 cm³/mol. The van der Waals surface area contributed by atoms with Gasteiger partial charge in [-0.15, -0.1) is 0 Å². The summed E-state index contributed by atoms with van der Waals surface area (Å²) in [7, 11) is 5.08. The fourth-order valence-electron chi connectivity index (χ4n) is 1.60. The van der Waals surface area contributed by atoms with Crippen molar-refractivity contribution in [2.24, 2.45) is 0 Å². The summed E-state index contributed by atoms with van der Waals surface area (Å²) < 4.78 is 14.4. The van der Waals surface area contributed by atoms with Crippen LogP contribution in [-0.4, -0.2) is 76.3 Å². The fourth-order valence-corrected chi connectivity index (χ4v) is 1.60. The normalized spacial score (nSPS) is 9.36. The van der Waals surface area contributed by atoms with Gasteiger partial charge in [-0.1, -0.05) is 0 Å². The molecular weight excluding hydrogens is 401 g/mol. The Labute approximate surface area is 180 Å². The maximum atomic E-state index is 8.32. The van der Waals surface area contributed by atoms with Gasteiger partial charge in [-0.2, -0.15) is 0 Å². The molecule has 0 fully saturated rings. The molecule has 0 saturated heterocycles. The second-order valence-electron chi connectivity index (χ2n) is 5.33. The number of rotatable bonds is 15. The maximum Gasteiger partial charge on any atom is 0.0462 e. The van der Waals surface area contributed by atoms with Crippen molar-refractivity contribution >= 4 is 0 Å². The molecular formula is C18H42O6Y. The van der Waals surface area contributed by atoms with Crippen LogP contribution in [-0.2, 0) is 46.9 Å². The Kier molecular flexibility index (Phi) is 53.2. The van der Waals surface area contributed by atoms with E-state index in [1.54, 1.807) is 21.3 Å². The Bertz CT molecular complexity index is 129. The van der Waals surface area contributed by atoms with E-state index in [9.17, 15) is 0 Å². The number of hydrogen-bond acceptors (Lipinski definition) is 6. The molecule has 3 N–H and O–H groups in total. The zero-order chi connectivity index (χ0) is 18.7. The van der Waals surface area contributed by atoms with Gasteiger partial charge in [-0.25, -0.2) is 0 Å². The van der Waals surface area contributed by atoms with E-state index in [0.29, 0.717) is 19.8 Å². The number of hydrogen-bond donors (Lipinski definition) is 3. The third kappa shape index (κ3) is 51.6. The van der Waals surface area contributed by atoms with Crippen molar-refractivity contribution in [3.63, 3.8) is 0 Å². The molecule has 0 atom stereocenters. The largest absolute Gasteiger partial charge is 0.396 e. The molecule has 0 spiro atoms. The summed E-state index contributed by atoms with van der Waals surface area (Å²) in [4.78, 5) is 0. The standard InChI is InChI=1S/3C6H14O2.Y/c3*1-8-6-4-2-3-5-7;/h3*7H,2-6H2,1H3;. The van der Waals surface area contributed by atoms with E-state index in [1.807, 2.05) is 0 Å². The van der Waals surface area contributed by atoms with Crippen LogP contribution in [0.15, 0.2) is 0 Å². The van der Waals surface area contributed by atoms with Crippen LogP contribution < -0.4 is 0 Å². The predicted octanol–water partition coefficient (Wildman–Crippen LogP) is 2.38. The van der Waals surface area contributed by atoms with Crippen LogP contribution in [0.1, 0.15) is 57.8 Å². The average molecular weight is 443 g/mol. The first-order valence-corrected chi connectivity index (χ1v) is 9.04. The molecule has 0 bridgehead atoms. The van der Waals surface area contributed by atoms with Crippen LogP contribution in [0.4, 0.5) is 0 Å². The molecule has 0 aromatic heterocycles. The van der Waals surface area contributed by atoms with Crippen molar-refractivity contribution in [2.75, 3.05) is 61.0 Å². The van der Waals surface area contributed by atoms with Crippen molar-refractivity contribution in [3.8, 4) is 0 Å². The van der Waals surface area contributed by atoms with Gasteiger partial charge in [0.15, 0.2) is 0 Å². The van der Waals surface area contributed by atoms with Gasteiger partial charge in [-0.3, -0.25) is 0 Å². The van der Waals surface area contributed by atoms with Crippen molar-refractivity contribution in [1.29, 1.82) is 0 Å². The molecule has 1 radical (unpaired) electrons. The van der Waals surface area contributed by atoms with Gasteiger partial charge in [0.05, 0.1) is 0 Å². The summed E-state index contributed by atoms with van der Waals surface area (Å²) in [6.07, 6.45) is 9.14. The van der Waals surface area contributed by atoms with Crippen LogP contribution in [0.5, 0.6) is 0 Å². The summed E-state index contributed by atoms with van der Waals surface area (Å²) in [5.41, 5.74) is 0. The molecule has 0 aromatic rings. The van der Waals surface area contributed by atoms with E-state index in [4.69, 9.17) is 29.5 Å². The molecule has 0 aliphatic carbocycles. The Morgan fingerprint density at radius 3 is 0.840 bits per heavy atom. The minimum atomic E-state index is 0. The number of aliphatic hydroxyl groups excluding tert-OH is 3. The van der Waals surface area contributed by atoms with E-state index < -0.39 is 0 Å². The van der Waals surface area contributed by atoms with Gasteiger partial charge in [0.25, 0.3) is 0 Å². The van der Waals surface area contributed by atoms with Crippen molar-refractivity contribution in [3.05, 3.63) is 0 Å². The zero-order valence-corrected chi connectivity index (χ0v) is 19.6. The van der Waals surface area contributed by atoms with Crippen molar-refractivity contribution in [1.82, 2.24) is 0 Å². The van der Waals surface area contributed by atoms with E-state index >= 15 is 0 Å². The monoisotopic (exact) mass is 443 g/mol. The summed E-state index contributed by atoms with van der Waals surface area (Å²) >= 11 is 0. The molecule has 6 nitrogen and oxygen atoms in total. The van der Waals surface area contributed by atoms with Crippen LogP contribution >= 0.6 is 0 Å². The van der Waals surface area contributed by atoms with E-state index in [-0.39, 0.29) is 32.7 Å². The second kappa shape index (κ2) is 39.8. The zero-order valence-electron chi connectivity index (χ0n) is 16.8. The van der Waals surface area contributed by atoms with Crippen LogP contribution in [0.3, 0.4) is 0 Å². The third-order valence-corrected chi connectivity index (χ3v) is 3.02. The molecule has 0 saturated carbocycles. The van der Waals surface area contributed by atoms with Gasteiger partial charge in [0.1, 0.15) is 0 Å². The Morgan fingerprint density at radius 2 is 0.680 bits per heavy atom. The van der Waals surface area contributed by atoms with Gasteiger partial charge < -0.3 is 29.5 Å². The molecule has 0 aliphatic heterocycles. The topological polar surface area (TPSA) is 88.4 Å². The van der Waals surface area contributed by atoms with Crippen LogP contribution in [0.2, 0.25) is 0 Å². The number of ether oxygens (including phenoxy) is 3. The summed E-state index contributed by atoms with van der Waals surface area (Å²) in [5, 5.41) is 25.0. The number of aliphatic hydroxyl groups is 3. The Balaban J connectivity index is -0.000000130. The van der Waals surface area contributed by atoms with Crippen LogP contribution in [0, 0.1) is 0 Å². The first-order valence-electron chi connectivity index (χ1n) is 9.04. The molecule has 7 heteroatoms. The third-order valence-electron chi connectivity index (χ3n) is 3.02. The average Bonchev–Trinajstić information content (AvgIpc) is 2.61. The summed E-state index contributed by atoms with van der Waals surface area (Å²) in [5.74, 6) is 0. The van der Waals surface area contributed by atoms with Gasteiger partial charge >= 0.3 is 0 Å². The fraction of sp³-hybridized carbons (Fsp3) is 1.00. The maximum absolute atomic E-state index is 8.32. The molecule has 0 aliphatic rings. The van der Waals surface area contributed by atoms with E-state index in [2.05, 4.69) is 0 Å². The molecule has 0 aromatic carbocycles. The number of methoxy groups -OCH3 is 3. The molecule has 0 amide bonds. The minimum Gasteiger partial charge on any atom is -0.396 e. The Morgan fingerprint density at radius 1 is 0.440 bits per heavy atom. The molecule has 0 rings (SSSR count). The second-order valence-corrected chi connectivity index (χ2v) is 5.33. The van der Waals surface area contributed by atoms with E-state index in [1.165, 1.54) is 0 Å². The van der Waals surface area contributed by atoms with Gasteiger partial charge in [0, 0.05) is 93.7 Å². The molecule has 25 heavy (non-hydrogen) atoms. The Hall–Kier alpha value is 0.864. The van der Waals surface area contributed by atoms with Crippen molar-refractivity contribution in [2.45, 2.75) is 57.8 Å². The summed E-state index contributed by atoms with van der Waals surface area (Å²) in [6.45, 7) is 3.39. The number of unbranched alkanes of at least 4 members (excludes halogenated alkanes) is 6. The molecule has 0 heterocycles. The van der Waals surface area contributed by atoms with Gasteiger partial charge in [0.2, 0.25) is 0 Å². The molecule has 153 valence electrons. The minimum absolute atomic E-state index is 0. The quantitative estimate of drug-likeness (QED) is 0.337. The first-order chi connectivity index (χ1) is 11.7. The van der Waals surface area contributed by atoms with E-state index in [0.717, 1.165) is 77.6 Å². The van der Waals surface area contributed by atoms with Gasteiger partial charge in [-0.05, 0) is 57.8 Å². The first kappa shape index (κ1) is 33.4. The SMILES string of the molecule is COCCCCCO.COCCCCCO.COCCCCCO.[Y]. The summed E-state index contributed by atoms with van der Waals surface area (Å²) in [6, 6.07) is 0. The molecule has 0 unspecified atom stereocenters. The van der Waals surface area contributed by atoms with Crippen molar-refractivity contribution < 1.29 is 62.2 Å². The van der Waals surface area contributed by atoms with Crippen LogP contribution in [0.25, 0.3) is 0 Å². The smallest absolute Gasteiger partial charge is 0.0462 e.